The smallest absolute Gasteiger partial charge is 0.283 e. The molecule has 0 bridgehead atoms. The quantitative estimate of drug-likeness (QED) is 0.530. The van der Waals surface area contributed by atoms with E-state index in [2.05, 4.69) is 5.32 Å². The molecular formula is C15H11N3O3S. The first-order chi connectivity index (χ1) is 10.5. The molecule has 0 aliphatic heterocycles. The largest absolute Gasteiger partial charge is 0.322 e. The van der Waals surface area contributed by atoms with Gasteiger partial charge in [-0.1, -0.05) is 6.07 Å². The van der Waals surface area contributed by atoms with Crippen molar-refractivity contribution in [2.24, 2.45) is 0 Å². The fourth-order valence-corrected chi connectivity index (χ4v) is 2.39. The molecule has 6 nitrogen and oxygen atoms in total. The number of carbonyl (C=O) groups is 1. The van der Waals surface area contributed by atoms with Crippen LogP contribution in [0, 0.1) is 21.4 Å². The fourth-order valence-electron chi connectivity index (χ4n) is 1.84. The molecule has 22 heavy (non-hydrogen) atoms. The van der Waals surface area contributed by atoms with Crippen molar-refractivity contribution in [3.63, 3.8) is 0 Å². The Morgan fingerprint density at radius 1 is 1.32 bits per heavy atom. The van der Waals surface area contributed by atoms with E-state index in [1.807, 2.05) is 6.07 Å². The average Bonchev–Trinajstić information content (AvgIpc) is 2.54. The number of anilines is 1. The normalized spacial score (nSPS) is 9.82. The van der Waals surface area contributed by atoms with Gasteiger partial charge in [-0.25, -0.2) is 0 Å². The van der Waals surface area contributed by atoms with Crippen molar-refractivity contribution in [1.29, 1.82) is 5.26 Å². The minimum Gasteiger partial charge on any atom is -0.322 e. The zero-order valence-electron chi connectivity index (χ0n) is 11.6. The van der Waals surface area contributed by atoms with E-state index in [1.54, 1.807) is 30.5 Å². The van der Waals surface area contributed by atoms with E-state index in [-0.39, 0.29) is 11.3 Å². The molecule has 0 heterocycles. The average molecular weight is 313 g/mol. The summed E-state index contributed by atoms with van der Waals surface area (Å²) >= 11 is 1.24. The molecule has 0 saturated carbocycles. The van der Waals surface area contributed by atoms with E-state index in [9.17, 15) is 14.9 Å². The van der Waals surface area contributed by atoms with Gasteiger partial charge in [0.2, 0.25) is 0 Å². The van der Waals surface area contributed by atoms with Crippen molar-refractivity contribution >= 4 is 29.0 Å². The summed E-state index contributed by atoms with van der Waals surface area (Å²) in [6.07, 6.45) is 1.73. The number of benzene rings is 2. The molecule has 110 valence electrons. The van der Waals surface area contributed by atoms with Crippen LogP contribution in [0.25, 0.3) is 0 Å². The summed E-state index contributed by atoms with van der Waals surface area (Å²) in [6, 6.07) is 12.7. The van der Waals surface area contributed by atoms with Gasteiger partial charge in [-0.05, 0) is 36.6 Å². The highest BCUT2D eigenvalue weighted by molar-refractivity contribution is 7.98. The number of rotatable bonds is 4. The van der Waals surface area contributed by atoms with Gasteiger partial charge < -0.3 is 5.32 Å². The van der Waals surface area contributed by atoms with Crippen molar-refractivity contribution < 1.29 is 9.72 Å². The van der Waals surface area contributed by atoms with Gasteiger partial charge in [0.05, 0.1) is 21.5 Å². The minimum absolute atomic E-state index is 0.106. The number of carbonyl (C=O) groups excluding carboxylic acids is 1. The molecule has 0 fully saturated rings. The minimum atomic E-state index is -0.515. The van der Waals surface area contributed by atoms with Crippen LogP contribution < -0.4 is 5.32 Å². The number of nitro benzene ring substituents is 1. The van der Waals surface area contributed by atoms with Gasteiger partial charge in [-0.3, -0.25) is 14.9 Å². The number of nitrogens with one attached hydrogen (secondary N) is 1. The van der Waals surface area contributed by atoms with Crippen LogP contribution in [0.2, 0.25) is 0 Å². The highest BCUT2D eigenvalue weighted by Crippen LogP contribution is 2.28. The van der Waals surface area contributed by atoms with E-state index in [1.165, 1.54) is 30.0 Å². The second kappa shape index (κ2) is 6.74. The lowest BCUT2D eigenvalue weighted by molar-refractivity contribution is -0.387. The lowest BCUT2D eigenvalue weighted by atomic mass is 10.1. The molecule has 7 heteroatoms. The predicted octanol–water partition coefficient (Wildman–Crippen LogP) is 3.44. The summed E-state index contributed by atoms with van der Waals surface area (Å²) in [6.45, 7) is 0. The number of hydrogen-bond donors (Lipinski definition) is 1. The number of nitrogens with zero attached hydrogens (tertiary/aromatic N) is 2. The molecule has 1 N–H and O–H groups in total. The number of nitriles is 1. The van der Waals surface area contributed by atoms with Gasteiger partial charge in [0.25, 0.3) is 11.6 Å². The molecule has 0 aromatic heterocycles. The molecule has 0 radical (unpaired) electrons. The SMILES string of the molecule is CSc1ccc(C(=O)Nc2cccc(C#N)c2)cc1[N+](=O)[O-]. The van der Waals surface area contributed by atoms with Crippen LogP contribution in [0.4, 0.5) is 11.4 Å². The van der Waals surface area contributed by atoms with E-state index < -0.39 is 10.8 Å². The van der Waals surface area contributed by atoms with Crippen LogP contribution in [0.3, 0.4) is 0 Å². The Morgan fingerprint density at radius 2 is 2.09 bits per heavy atom. The lowest BCUT2D eigenvalue weighted by Crippen LogP contribution is -2.12. The molecule has 0 aliphatic carbocycles. The molecule has 1 amide bonds. The summed E-state index contributed by atoms with van der Waals surface area (Å²) in [4.78, 5) is 23.2. The lowest BCUT2D eigenvalue weighted by Gasteiger charge is -2.06. The Kier molecular flexibility index (Phi) is 4.76. The van der Waals surface area contributed by atoms with Gasteiger partial charge in [0.1, 0.15) is 0 Å². The van der Waals surface area contributed by atoms with Crippen LogP contribution in [-0.4, -0.2) is 17.1 Å². The van der Waals surface area contributed by atoms with Crippen LogP contribution in [-0.2, 0) is 0 Å². The maximum atomic E-state index is 12.2. The maximum absolute atomic E-state index is 12.2. The second-order valence-corrected chi connectivity index (χ2v) is 5.14. The number of hydrogen-bond acceptors (Lipinski definition) is 5. The molecule has 0 spiro atoms. The Morgan fingerprint density at radius 3 is 2.73 bits per heavy atom. The third-order valence-corrected chi connectivity index (χ3v) is 3.67. The highest BCUT2D eigenvalue weighted by Gasteiger charge is 2.17. The van der Waals surface area contributed by atoms with Crippen LogP contribution in [0.15, 0.2) is 47.4 Å². The molecular weight excluding hydrogens is 302 g/mol. The summed E-state index contributed by atoms with van der Waals surface area (Å²) in [7, 11) is 0. The molecule has 0 aliphatic rings. The summed E-state index contributed by atoms with van der Waals surface area (Å²) < 4.78 is 0. The van der Waals surface area contributed by atoms with Gasteiger partial charge in [-0.15, -0.1) is 11.8 Å². The topological polar surface area (TPSA) is 96.0 Å². The molecule has 2 aromatic rings. The Balaban J connectivity index is 2.28. The zero-order chi connectivity index (χ0) is 16.1. The predicted molar refractivity (Wildman–Crippen MR) is 84.0 cm³/mol. The number of thioether (sulfide) groups is 1. The first-order valence-electron chi connectivity index (χ1n) is 6.19. The van der Waals surface area contributed by atoms with E-state index >= 15 is 0 Å². The van der Waals surface area contributed by atoms with Gasteiger partial charge >= 0.3 is 0 Å². The van der Waals surface area contributed by atoms with Gasteiger partial charge in [0, 0.05) is 17.3 Å². The standard InChI is InChI=1S/C15H11N3O3S/c1-22-14-6-5-11(8-13(14)18(20)21)15(19)17-12-4-2-3-10(7-12)9-16/h2-8H,1H3,(H,17,19). The van der Waals surface area contributed by atoms with Gasteiger partial charge in [-0.2, -0.15) is 5.26 Å². The Bertz CT molecular complexity index is 784. The summed E-state index contributed by atoms with van der Waals surface area (Å²) in [5.74, 6) is -0.467. The van der Waals surface area contributed by atoms with Crippen molar-refractivity contribution in [2.45, 2.75) is 4.90 Å². The first-order valence-corrected chi connectivity index (χ1v) is 7.41. The van der Waals surface area contributed by atoms with E-state index in [0.717, 1.165) is 0 Å². The highest BCUT2D eigenvalue weighted by atomic mass is 32.2. The maximum Gasteiger partial charge on any atom is 0.283 e. The first kappa shape index (κ1) is 15.5. The Hall–Kier alpha value is -2.85. The summed E-state index contributed by atoms with van der Waals surface area (Å²) in [5, 5.41) is 22.5. The second-order valence-electron chi connectivity index (χ2n) is 4.29. The molecule has 2 rings (SSSR count). The zero-order valence-corrected chi connectivity index (χ0v) is 12.4. The van der Waals surface area contributed by atoms with Crippen molar-refractivity contribution in [3.05, 3.63) is 63.7 Å². The van der Waals surface area contributed by atoms with Crippen molar-refractivity contribution in [1.82, 2.24) is 0 Å². The van der Waals surface area contributed by atoms with Crippen LogP contribution in [0.5, 0.6) is 0 Å². The monoisotopic (exact) mass is 313 g/mol. The van der Waals surface area contributed by atoms with E-state index in [4.69, 9.17) is 5.26 Å². The number of nitro groups is 1. The van der Waals surface area contributed by atoms with E-state index in [0.29, 0.717) is 16.1 Å². The molecule has 2 aromatic carbocycles. The molecule has 0 unspecified atom stereocenters. The van der Waals surface area contributed by atoms with Crippen molar-refractivity contribution in [3.8, 4) is 6.07 Å². The molecule has 0 saturated heterocycles. The fraction of sp³-hybridized carbons (Fsp3) is 0.0667. The van der Waals surface area contributed by atoms with Crippen LogP contribution >= 0.6 is 11.8 Å². The number of amides is 1. The van der Waals surface area contributed by atoms with Crippen molar-refractivity contribution in [2.75, 3.05) is 11.6 Å². The third kappa shape index (κ3) is 3.42. The third-order valence-electron chi connectivity index (χ3n) is 2.89. The van der Waals surface area contributed by atoms with Crippen LogP contribution in [0.1, 0.15) is 15.9 Å². The van der Waals surface area contributed by atoms with Gasteiger partial charge in [0.15, 0.2) is 0 Å². The summed E-state index contributed by atoms with van der Waals surface area (Å²) in [5.41, 5.74) is 0.958. The Labute approximate surface area is 130 Å². The molecule has 0 atom stereocenters.